The molecule has 0 rings (SSSR count). The standard InChI is InChI=1S/Ba.Mg.O4Si/c;;1-5(2,3)4/q2*+2;-4. The maximum atomic E-state index is 8.58. The Kier molecular flexibility index (Phi) is 15.1. The van der Waals surface area contributed by atoms with Gasteiger partial charge in [-0.05, 0) is 0 Å². The monoisotopic (exact) mass is 254 g/mol. The Hall–Kier alpha value is 2.39. The van der Waals surface area contributed by atoms with Crippen LogP contribution in [0.3, 0.4) is 0 Å². The van der Waals surface area contributed by atoms with Gasteiger partial charge in [0.05, 0.1) is 0 Å². The van der Waals surface area contributed by atoms with E-state index in [1.807, 2.05) is 0 Å². The Morgan fingerprint density at radius 2 is 0.857 bits per heavy atom. The normalized spacial score (nSPS) is 8.57. The average molecular weight is 254 g/mol. The molecule has 0 saturated heterocycles. The van der Waals surface area contributed by atoms with Crippen LogP contribution in [0.4, 0.5) is 0 Å². The first kappa shape index (κ1) is 16.2. The summed E-state index contributed by atoms with van der Waals surface area (Å²) in [5, 5.41) is 0. The van der Waals surface area contributed by atoms with Crippen LogP contribution in [0.25, 0.3) is 0 Å². The van der Waals surface area contributed by atoms with E-state index in [2.05, 4.69) is 0 Å². The molecule has 0 heterocycles. The molecule has 0 fully saturated rings. The third-order valence-electron chi connectivity index (χ3n) is 0. The molecule has 4 nitrogen and oxygen atoms in total. The van der Waals surface area contributed by atoms with E-state index >= 15 is 0 Å². The minimum atomic E-state index is -5.61. The molecular weight excluding hydrogens is 254 g/mol. The quantitative estimate of drug-likeness (QED) is 0.402. The van der Waals surface area contributed by atoms with Crippen molar-refractivity contribution in [2.45, 2.75) is 0 Å². The van der Waals surface area contributed by atoms with E-state index < -0.39 is 9.05 Å². The summed E-state index contributed by atoms with van der Waals surface area (Å²) < 4.78 is 0. The fraction of sp³-hybridized carbons (Fsp3) is 0. The van der Waals surface area contributed by atoms with Gasteiger partial charge in [0.25, 0.3) is 0 Å². The Labute approximate surface area is 98.3 Å². The molecule has 7 heteroatoms. The van der Waals surface area contributed by atoms with Crippen LogP contribution in [0, 0.1) is 0 Å². The predicted octanol–water partition coefficient (Wildman–Crippen LogP) is -5.90. The fourth-order valence-corrected chi connectivity index (χ4v) is 0. The van der Waals surface area contributed by atoms with E-state index in [1.165, 1.54) is 0 Å². The molecule has 0 bridgehead atoms. The molecule has 0 saturated carbocycles. The maximum Gasteiger partial charge on any atom is 2.00 e. The maximum absolute atomic E-state index is 8.58. The Morgan fingerprint density at radius 1 is 0.857 bits per heavy atom. The first-order chi connectivity index (χ1) is 2.00. The molecule has 0 aliphatic heterocycles. The van der Waals surface area contributed by atoms with Crippen molar-refractivity contribution >= 4 is 81.0 Å². The molecule has 0 amide bonds. The Balaban J connectivity index is -0.0000000800. The van der Waals surface area contributed by atoms with E-state index in [4.69, 9.17) is 19.2 Å². The van der Waals surface area contributed by atoms with E-state index in [0.717, 1.165) is 0 Å². The molecular formula is BaMgO4Si. The number of rotatable bonds is 0. The van der Waals surface area contributed by atoms with Crippen molar-refractivity contribution in [2.24, 2.45) is 0 Å². The summed E-state index contributed by atoms with van der Waals surface area (Å²) in [6.45, 7) is 0. The largest absolute Gasteiger partial charge is 2.00 e. The second kappa shape index (κ2) is 6.51. The third-order valence-corrected chi connectivity index (χ3v) is 0. The van der Waals surface area contributed by atoms with Gasteiger partial charge < -0.3 is 28.2 Å². The SMILES string of the molecule is [Ba+2].[Mg+2].[O-][Si]([O-])([O-])[O-]. The summed E-state index contributed by atoms with van der Waals surface area (Å²) in [6.07, 6.45) is 0. The zero-order valence-corrected chi connectivity index (χ0v) is 10.4. The van der Waals surface area contributed by atoms with E-state index in [0.29, 0.717) is 0 Å². The minimum absolute atomic E-state index is 0. The van der Waals surface area contributed by atoms with Gasteiger partial charge >= 0.3 is 71.9 Å². The molecule has 32 valence electrons. The van der Waals surface area contributed by atoms with Gasteiger partial charge in [-0.3, -0.25) is 0 Å². The predicted molar refractivity (Wildman–Crippen MR) is 17.3 cm³/mol. The average Bonchev–Trinajstić information content (AvgIpc) is 0.722. The summed E-state index contributed by atoms with van der Waals surface area (Å²) >= 11 is 0. The van der Waals surface area contributed by atoms with Crippen LogP contribution in [0.15, 0.2) is 0 Å². The molecule has 0 radical (unpaired) electrons. The van der Waals surface area contributed by atoms with Gasteiger partial charge in [0, 0.05) is 0 Å². The molecule has 7 heavy (non-hydrogen) atoms. The molecule has 0 N–H and O–H groups in total. The topological polar surface area (TPSA) is 92.2 Å². The third kappa shape index (κ3) is 59.9. The molecule has 0 atom stereocenters. The van der Waals surface area contributed by atoms with Crippen molar-refractivity contribution in [3.63, 3.8) is 0 Å². The van der Waals surface area contributed by atoms with Crippen LogP contribution in [0.1, 0.15) is 0 Å². The smallest absolute Gasteiger partial charge is 0.894 e. The molecule has 0 aliphatic carbocycles. The molecule has 0 aromatic heterocycles. The van der Waals surface area contributed by atoms with Crippen LogP contribution < -0.4 is 19.2 Å². The van der Waals surface area contributed by atoms with Gasteiger partial charge in [0.2, 0.25) is 0 Å². The Morgan fingerprint density at radius 3 is 0.857 bits per heavy atom. The van der Waals surface area contributed by atoms with Crippen molar-refractivity contribution in [1.29, 1.82) is 0 Å². The van der Waals surface area contributed by atoms with Crippen LogP contribution in [-0.2, 0) is 0 Å². The van der Waals surface area contributed by atoms with Crippen LogP contribution in [0.2, 0.25) is 0 Å². The van der Waals surface area contributed by atoms with Gasteiger partial charge in [-0.15, -0.1) is 0 Å². The van der Waals surface area contributed by atoms with Crippen LogP contribution in [0.5, 0.6) is 0 Å². The second-order valence-corrected chi connectivity index (χ2v) is 1.50. The van der Waals surface area contributed by atoms with Crippen molar-refractivity contribution in [3.8, 4) is 0 Å². The molecule has 0 aromatic rings. The molecule has 0 unspecified atom stereocenters. The first-order valence-electron chi connectivity index (χ1n) is 0.816. The molecule has 0 aromatic carbocycles. The number of hydrogen-bond donors (Lipinski definition) is 0. The summed E-state index contributed by atoms with van der Waals surface area (Å²) in [7, 11) is -5.61. The second-order valence-electron chi connectivity index (χ2n) is 0.500. The number of hydrogen-bond acceptors (Lipinski definition) is 4. The fourth-order valence-electron chi connectivity index (χ4n) is 0. The molecule has 0 aliphatic rings. The van der Waals surface area contributed by atoms with E-state index in [9.17, 15) is 0 Å². The first-order valence-corrected chi connectivity index (χ1v) is 2.45. The van der Waals surface area contributed by atoms with E-state index in [1.54, 1.807) is 0 Å². The van der Waals surface area contributed by atoms with Crippen molar-refractivity contribution < 1.29 is 19.2 Å². The van der Waals surface area contributed by atoms with Gasteiger partial charge in [-0.2, -0.15) is 0 Å². The summed E-state index contributed by atoms with van der Waals surface area (Å²) in [4.78, 5) is 34.3. The van der Waals surface area contributed by atoms with Crippen molar-refractivity contribution in [2.75, 3.05) is 0 Å². The van der Waals surface area contributed by atoms with Gasteiger partial charge in [0.1, 0.15) is 0 Å². The Bertz CT molecular complexity index is 27.2. The van der Waals surface area contributed by atoms with Gasteiger partial charge in [-0.1, -0.05) is 0 Å². The zero-order chi connectivity index (χ0) is 4.50. The van der Waals surface area contributed by atoms with Gasteiger partial charge in [-0.25, -0.2) is 0 Å². The summed E-state index contributed by atoms with van der Waals surface area (Å²) in [5.74, 6) is 0. The van der Waals surface area contributed by atoms with E-state index in [-0.39, 0.29) is 71.9 Å². The van der Waals surface area contributed by atoms with Crippen molar-refractivity contribution in [1.82, 2.24) is 0 Å². The molecule has 0 spiro atoms. The zero-order valence-electron chi connectivity index (χ0n) is 3.55. The van der Waals surface area contributed by atoms with Crippen LogP contribution >= 0.6 is 0 Å². The van der Waals surface area contributed by atoms with Gasteiger partial charge in [0.15, 0.2) is 0 Å². The van der Waals surface area contributed by atoms with Crippen LogP contribution in [-0.4, -0.2) is 81.0 Å². The summed E-state index contributed by atoms with van der Waals surface area (Å²) in [5.41, 5.74) is 0. The summed E-state index contributed by atoms with van der Waals surface area (Å²) in [6, 6.07) is 0. The minimum Gasteiger partial charge on any atom is -0.894 e. The van der Waals surface area contributed by atoms with Crippen molar-refractivity contribution in [3.05, 3.63) is 0 Å².